The fraction of sp³-hybridized carbons (Fsp3) is 0.545. The van der Waals surface area contributed by atoms with Crippen molar-refractivity contribution in [2.45, 2.75) is 63.9 Å². The Morgan fingerprint density at radius 2 is 2.04 bits per heavy atom. The first-order valence-electron chi connectivity index (χ1n) is 9.58. The lowest BCUT2D eigenvalue weighted by atomic mass is 9.92. The molecule has 0 bridgehead atoms. The van der Waals surface area contributed by atoms with Gasteiger partial charge in [0.05, 0.1) is 5.56 Å². The summed E-state index contributed by atoms with van der Waals surface area (Å²) in [5.74, 6) is 0.636. The SMILES string of the molecule is Cc1ccc(C=CCCC2CCN(C(=O)OC(C)(C)C)CC2)c(S)c1C#N. The monoisotopic (exact) mass is 386 g/mol. The van der Waals surface area contributed by atoms with Crippen LogP contribution >= 0.6 is 12.6 Å². The molecule has 0 aliphatic carbocycles. The van der Waals surface area contributed by atoms with Crippen molar-refractivity contribution in [3.8, 4) is 6.07 Å². The predicted octanol–water partition coefficient (Wildman–Crippen LogP) is 5.60. The predicted molar refractivity (Wildman–Crippen MR) is 112 cm³/mol. The molecule has 1 amide bonds. The summed E-state index contributed by atoms with van der Waals surface area (Å²) < 4.78 is 5.44. The van der Waals surface area contributed by atoms with E-state index < -0.39 is 5.60 Å². The summed E-state index contributed by atoms with van der Waals surface area (Å²) >= 11 is 4.50. The highest BCUT2D eigenvalue weighted by Gasteiger charge is 2.26. The third-order valence-electron chi connectivity index (χ3n) is 4.83. The number of nitriles is 1. The Morgan fingerprint density at radius 1 is 1.37 bits per heavy atom. The molecule has 27 heavy (non-hydrogen) atoms. The zero-order valence-corrected chi connectivity index (χ0v) is 17.7. The largest absolute Gasteiger partial charge is 0.444 e. The third-order valence-corrected chi connectivity index (χ3v) is 5.32. The zero-order valence-electron chi connectivity index (χ0n) is 16.8. The molecule has 0 saturated carbocycles. The maximum absolute atomic E-state index is 12.1. The summed E-state index contributed by atoms with van der Waals surface area (Å²) in [4.78, 5) is 14.7. The molecular formula is C22H30N2O2S. The Bertz CT molecular complexity index is 736. The maximum atomic E-state index is 12.1. The molecule has 1 aliphatic heterocycles. The number of carbonyl (C=O) groups excluding carboxylic acids is 1. The van der Waals surface area contributed by atoms with Gasteiger partial charge in [0.2, 0.25) is 0 Å². The quantitative estimate of drug-likeness (QED) is 0.686. The van der Waals surface area contributed by atoms with E-state index >= 15 is 0 Å². The minimum atomic E-state index is -0.439. The normalized spacial score (nSPS) is 15.8. The molecule has 4 nitrogen and oxygen atoms in total. The summed E-state index contributed by atoms with van der Waals surface area (Å²) in [7, 11) is 0. The van der Waals surface area contributed by atoms with Gasteiger partial charge in [-0.05, 0) is 70.4 Å². The molecule has 0 aromatic heterocycles. The molecule has 0 radical (unpaired) electrons. The molecule has 5 heteroatoms. The number of benzene rings is 1. The van der Waals surface area contributed by atoms with Crippen molar-refractivity contribution in [1.82, 2.24) is 4.90 Å². The second kappa shape index (κ2) is 9.32. The van der Waals surface area contributed by atoms with Crippen molar-refractivity contribution in [3.05, 3.63) is 34.9 Å². The average molecular weight is 387 g/mol. The molecule has 0 N–H and O–H groups in total. The average Bonchev–Trinajstić information content (AvgIpc) is 2.60. The number of rotatable bonds is 4. The van der Waals surface area contributed by atoms with Gasteiger partial charge in [-0.15, -0.1) is 12.6 Å². The number of allylic oxidation sites excluding steroid dienone is 1. The molecule has 1 aliphatic rings. The van der Waals surface area contributed by atoms with Gasteiger partial charge in [0.1, 0.15) is 11.7 Å². The Balaban J connectivity index is 1.79. The number of carbonyl (C=O) groups is 1. The number of ether oxygens (including phenoxy) is 1. The lowest BCUT2D eigenvalue weighted by Gasteiger charge is -2.33. The van der Waals surface area contributed by atoms with Crippen LogP contribution in [0.4, 0.5) is 4.79 Å². The zero-order chi connectivity index (χ0) is 20.0. The van der Waals surface area contributed by atoms with Crippen molar-refractivity contribution in [3.63, 3.8) is 0 Å². The maximum Gasteiger partial charge on any atom is 0.410 e. The molecule has 1 aromatic rings. The van der Waals surface area contributed by atoms with E-state index in [4.69, 9.17) is 4.74 Å². The van der Waals surface area contributed by atoms with E-state index in [1.165, 1.54) is 0 Å². The molecule has 1 saturated heterocycles. The van der Waals surface area contributed by atoms with E-state index in [0.717, 1.165) is 54.8 Å². The Kier molecular flexibility index (Phi) is 7.38. The molecular weight excluding hydrogens is 356 g/mol. The van der Waals surface area contributed by atoms with E-state index in [-0.39, 0.29) is 6.09 Å². The van der Waals surface area contributed by atoms with Crippen molar-refractivity contribution < 1.29 is 9.53 Å². The van der Waals surface area contributed by atoms with Gasteiger partial charge in [0.15, 0.2) is 0 Å². The third kappa shape index (κ3) is 6.32. The van der Waals surface area contributed by atoms with Gasteiger partial charge in [0, 0.05) is 18.0 Å². The van der Waals surface area contributed by atoms with Crippen LogP contribution in [-0.2, 0) is 4.74 Å². The lowest BCUT2D eigenvalue weighted by Crippen LogP contribution is -2.41. The van der Waals surface area contributed by atoms with E-state index in [9.17, 15) is 10.1 Å². The van der Waals surface area contributed by atoms with Gasteiger partial charge >= 0.3 is 6.09 Å². The van der Waals surface area contributed by atoms with Crippen LogP contribution in [0, 0.1) is 24.2 Å². The van der Waals surface area contributed by atoms with Crippen molar-refractivity contribution >= 4 is 24.8 Å². The van der Waals surface area contributed by atoms with E-state index in [1.807, 2.05) is 44.7 Å². The molecule has 0 atom stereocenters. The van der Waals surface area contributed by atoms with Gasteiger partial charge in [-0.25, -0.2) is 4.79 Å². The van der Waals surface area contributed by atoms with Gasteiger partial charge < -0.3 is 9.64 Å². The molecule has 1 fully saturated rings. The molecule has 0 unspecified atom stereocenters. The van der Waals surface area contributed by atoms with Crippen LogP contribution in [0.25, 0.3) is 6.08 Å². The summed E-state index contributed by atoms with van der Waals surface area (Å²) in [5.41, 5.74) is 2.15. The van der Waals surface area contributed by atoms with Gasteiger partial charge in [-0.1, -0.05) is 24.3 Å². The topological polar surface area (TPSA) is 53.3 Å². The second-order valence-corrected chi connectivity index (χ2v) is 8.64. The van der Waals surface area contributed by atoms with Crippen molar-refractivity contribution in [2.75, 3.05) is 13.1 Å². The fourth-order valence-corrected chi connectivity index (χ4v) is 3.63. The lowest BCUT2D eigenvalue weighted by molar-refractivity contribution is 0.0181. The summed E-state index contributed by atoms with van der Waals surface area (Å²) in [5, 5.41) is 9.23. The number of hydrogen-bond donors (Lipinski definition) is 1. The van der Waals surface area contributed by atoms with E-state index in [1.54, 1.807) is 0 Å². The minimum Gasteiger partial charge on any atom is -0.444 e. The number of likely N-dealkylation sites (tertiary alicyclic amines) is 1. The van der Waals surface area contributed by atoms with E-state index in [0.29, 0.717) is 11.5 Å². The molecule has 1 aromatic carbocycles. The summed E-state index contributed by atoms with van der Waals surface area (Å²) in [6.07, 6.45) is 8.15. The van der Waals surface area contributed by atoms with Crippen LogP contribution in [0.5, 0.6) is 0 Å². The van der Waals surface area contributed by atoms with Crippen LogP contribution in [0.15, 0.2) is 23.1 Å². The Labute approximate surface area is 168 Å². The standard InChI is InChI=1S/C22H30N2O2S/c1-16-9-10-18(20(27)19(16)15-23)8-6-5-7-17-11-13-24(14-12-17)21(25)26-22(2,3)4/h6,8-10,17,27H,5,7,11-14H2,1-4H3. The van der Waals surface area contributed by atoms with Crippen LogP contribution in [0.1, 0.15) is 63.1 Å². The number of thiol groups is 1. The van der Waals surface area contributed by atoms with Crippen LogP contribution in [-0.4, -0.2) is 29.7 Å². The Hall–Kier alpha value is -1.93. The van der Waals surface area contributed by atoms with Crippen molar-refractivity contribution in [1.29, 1.82) is 5.26 Å². The first-order chi connectivity index (χ1) is 12.7. The van der Waals surface area contributed by atoms with Gasteiger partial charge in [-0.2, -0.15) is 5.26 Å². The summed E-state index contributed by atoms with van der Waals surface area (Å²) in [6, 6.07) is 6.19. The first-order valence-corrected chi connectivity index (χ1v) is 10.0. The smallest absolute Gasteiger partial charge is 0.410 e. The highest BCUT2D eigenvalue weighted by atomic mass is 32.1. The highest BCUT2D eigenvalue weighted by Crippen LogP contribution is 2.25. The number of hydrogen-bond acceptors (Lipinski definition) is 4. The molecule has 0 spiro atoms. The van der Waals surface area contributed by atoms with Crippen LogP contribution in [0.2, 0.25) is 0 Å². The van der Waals surface area contributed by atoms with Gasteiger partial charge in [-0.3, -0.25) is 0 Å². The fourth-order valence-electron chi connectivity index (χ4n) is 3.26. The molecule has 146 valence electrons. The second-order valence-electron chi connectivity index (χ2n) is 8.20. The van der Waals surface area contributed by atoms with Crippen molar-refractivity contribution in [2.24, 2.45) is 5.92 Å². The highest BCUT2D eigenvalue weighted by molar-refractivity contribution is 7.80. The summed E-state index contributed by atoms with van der Waals surface area (Å²) in [6.45, 7) is 9.16. The minimum absolute atomic E-state index is 0.199. The van der Waals surface area contributed by atoms with E-state index in [2.05, 4.69) is 30.9 Å². The van der Waals surface area contributed by atoms with Gasteiger partial charge in [0.25, 0.3) is 0 Å². The Morgan fingerprint density at radius 3 is 2.63 bits per heavy atom. The van der Waals surface area contributed by atoms with Crippen LogP contribution < -0.4 is 0 Å². The van der Waals surface area contributed by atoms with Crippen LogP contribution in [0.3, 0.4) is 0 Å². The number of nitrogens with zero attached hydrogens (tertiary/aromatic N) is 2. The number of aryl methyl sites for hydroxylation is 1. The molecule has 2 rings (SSSR count). The number of amides is 1. The number of piperidine rings is 1. The molecule has 1 heterocycles. The first kappa shape index (κ1) is 21.4.